The number of unbranched alkanes of at least 4 members (excludes halogenated alkanes) is 26. The van der Waals surface area contributed by atoms with Crippen LogP contribution in [0.4, 0.5) is 0 Å². The zero-order chi connectivity index (χ0) is 45.1. The number of esters is 3. The lowest BCUT2D eigenvalue weighted by molar-refractivity contribution is -0.167. The highest BCUT2D eigenvalue weighted by molar-refractivity contribution is 5.71. The van der Waals surface area contributed by atoms with E-state index in [9.17, 15) is 14.4 Å². The molecule has 6 heteroatoms. The van der Waals surface area contributed by atoms with E-state index in [2.05, 4.69) is 81.5 Å². The number of rotatable bonds is 47. The standard InChI is InChI=1S/C56H98O6/c1-4-7-10-13-16-19-22-24-26-27-28-29-30-32-34-37-40-43-46-49-55(58)61-52-53(51-60-54(57)48-45-42-39-36-33-21-18-15-12-9-6-3)62-56(59)50-47-44-41-38-35-31-25-23-20-17-14-11-8-5-2/h15-16,18-19,23-26,28-29,53H,4-14,17,20-22,27,30-52H2,1-3H3/b18-15-,19-16-,25-23-,26-24-,29-28-/t53-/m1/s1. The Bertz CT molecular complexity index is 1130. The van der Waals surface area contributed by atoms with Gasteiger partial charge in [-0.1, -0.05) is 197 Å². The first-order valence-electron chi connectivity index (χ1n) is 26.3. The molecule has 0 fully saturated rings. The SMILES string of the molecule is CCCC/C=C\CCCCCCCC(=O)OC[C@H](COC(=O)CCCCCCCC/C=C\C/C=C\C/C=C\CCCCC)OC(=O)CCCCCCC/C=C\CCCCCCC. The number of allylic oxidation sites excluding steroid dienone is 10. The van der Waals surface area contributed by atoms with Crippen LogP contribution in [0, 0.1) is 0 Å². The van der Waals surface area contributed by atoms with Crippen molar-refractivity contribution in [3.8, 4) is 0 Å². The molecule has 0 amide bonds. The molecule has 0 aliphatic heterocycles. The minimum Gasteiger partial charge on any atom is -0.462 e. The molecule has 0 aliphatic rings. The second-order valence-corrected chi connectivity index (χ2v) is 17.4. The monoisotopic (exact) mass is 867 g/mol. The van der Waals surface area contributed by atoms with Crippen LogP contribution in [0.2, 0.25) is 0 Å². The lowest BCUT2D eigenvalue weighted by atomic mass is 10.1. The minimum atomic E-state index is -0.786. The van der Waals surface area contributed by atoms with Crippen molar-refractivity contribution >= 4 is 17.9 Å². The van der Waals surface area contributed by atoms with E-state index in [0.29, 0.717) is 19.3 Å². The van der Waals surface area contributed by atoms with Crippen LogP contribution in [0.3, 0.4) is 0 Å². The third-order valence-corrected chi connectivity index (χ3v) is 11.2. The smallest absolute Gasteiger partial charge is 0.306 e. The number of hydrogen-bond donors (Lipinski definition) is 0. The molecule has 0 aromatic carbocycles. The van der Waals surface area contributed by atoms with Gasteiger partial charge in [-0.25, -0.2) is 0 Å². The molecule has 0 heterocycles. The maximum absolute atomic E-state index is 12.8. The Morgan fingerprint density at radius 1 is 0.323 bits per heavy atom. The van der Waals surface area contributed by atoms with Gasteiger partial charge in [-0.15, -0.1) is 0 Å². The van der Waals surface area contributed by atoms with Gasteiger partial charge in [0.15, 0.2) is 6.10 Å². The quantitative estimate of drug-likeness (QED) is 0.0262. The molecule has 0 saturated carbocycles. The van der Waals surface area contributed by atoms with Crippen molar-refractivity contribution in [2.45, 2.75) is 264 Å². The fourth-order valence-electron chi connectivity index (χ4n) is 7.19. The predicted octanol–water partition coefficient (Wildman–Crippen LogP) is 17.3. The largest absolute Gasteiger partial charge is 0.462 e. The fraction of sp³-hybridized carbons (Fsp3) is 0.768. The zero-order valence-corrected chi connectivity index (χ0v) is 40.9. The van der Waals surface area contributed by atoms with E-state index in [1.54, 1.807) is 0 Å². The Hall–Kier alpha value is -2.89. The summed E-state index contributed by atoms with van der Waals surface area (Å²) in [5.41, 5.74) is 0. The van der Waals surface area contributed by atoms with Crippen LogP contribution in [-0.2, 0) is 28.6 Å². The molecule has 0 rings (SSSR count). The molecule has 0 radical (unpaired) electrons. The summed E-state index contributed by atoms with van der Waals surface area (Å²) in [6.45, 7) is 6.54. The Morgan fingerprint density at radius 3 is 1.00 bits per heavy atom. The van der Waals surface area contributed by atoms with Gasteiger partial charge in [0, 0.05) is 19.3 Å². The maximum Gasteiger partial charge on any atom is 0.306 e. The predicted molar refractivity (Wildman–Crippen MR) is 265 cm³/mol. The first kappa shape index (κ1) is 59.1. The topological polar surface area (TPSA) is 78.9 Å². The molecular weight excluding hydrogens is 769 g/mol. The van der Waals surface area contributed by atoms with Gasteiger partial charge in [0.1, 0.15) is 13.2 Å². The van der Waals surface area contributed by atoms with Crippen molar-refractivity contribution in [1.29, 1.82) is 0 Å². The van der Waals surface area contributed by atoms with Crippen LogP contribution in [0.25, 0.3) is 0 Å². The second kappa shape index (κ2) is 50.8. The lowest BCUT2D eigenvalue weighted by Crippen LogP contribution is -2.30. The van der Waals surface area contributed by atoms with E-state index in [1.807, 2.05) is 0 Å². The molecule has 358 valence electrons. The lowest BCUT2D eigenvalue weighted by Gasteiger charge is -2.18. The van der Waals surface area contributed by atoms with Crippen LogP contribution in [0.5, 0.6) is 0 Å². The van der Waals surface area contributed by atoms with Crippen molar-refractivity contribution in [3.63, 3.8) is 0 Å². The molecule has 62 heavy (non-hydrogen) atoms. The van der Waals surface area contributed by atoms with Crippen LogP contribution >= 0.6 is 0 Å². The summed E-state index contributed by atoms with van der Waals surface area (Å²) in [7, 11) is 0. The van der Waals surface area contributed by atoms with Gasteiger partial charge in [0.25, 0.3) is 0 Å². The molecule has 0 N–H and O–H groups in total. The molecule has 0 aromatic heterocycles. The molecular formula is C56H98O6. The van der Waals surface area contributed by atoms with E-state index >= 15 is 0 Å². The van der Waals surface area contributed by atoms with E-state index in [1.165, 1.54) is 122 Å². The molecule has 0 spiro atoms. The van der Waals surface area contributed by atoms with Gasteiger partial charge in [-0.05, 0) is 103 Å². The highest BCUT2D eigenvalue weighted by Gasteiger charge is 2.19. The first-order chi connectivity index (χ1) is 30.5. The molecule has 0 saturated heterocycles. The minimum absolute atomic E-state index is 0.0861. The van der Waals surface area contributed by atoms with Crippen molar-refractivity contribution < 1.29 is 28.6 Å². The van der Waals surface area contributed by atoms with Gasteiger partial charge >= 0.3 is 17.9 Å². The van der Waals surface area contributed by atoms with E-state index in [4.69, 9.17) is 14.2 Å². The van der Waals surface area contributed by atoms with Gasteiger partial charge in [0.05, 0.1) is 0 Å². The van der Waals surface area contributed by atoms with Crippen LogP contribution in [-0.4, -0.2) is 37.2 Å². The third kappa shape index (κ3) is 48.1. The van der Waals surface area contributed by atoms with Crippen LogP contribution in [0.1, 0.15) is 258 Å². The Balaban J connectivity index is 4.38. The highest BCUT2D eigenvalue weighted by atomic mass is 16.6. The third-order valence-electron chi connectivity index (χ3n) is 11.2. The summed E-state index contributed by atoms with van der Waals surface area (Å²) in [4.78, 5) is 37.9. The number of ether oxygens (including phenoxy) is 3. The summed E-state index contributed by atoms with van der Waals surface area (Å²) in [5, 5.41) is 0. The molecule has 6 nitrogen and oxygen atoms in total. The van der Waals surface area contributed by atoms with Gasteiger partial charge < -0.3 is 14.2 Å². The van der Waals surface area contributed by atoms with Crippen LogP contribution in [0.15, 0.2) is 60.8 Å². The van der Waals surface area contributed by atoms with Crippen molar-refractivity contribution in [2.24, 2.45) is 0 Å². The summed E-state index contributed by atoms with van der Waals surface area (Å²) in [5.74, 6) is -0.913. The van der Waals surface area contributed by atoms with Crippen molar-refractivity contribution in [1.82, 2.24) is 0 Å². The van der Waals surface area contributed by atoms with E-state index < -0.39 is 6.10 Å². The Morgan fingerprint density at radius 2 is 0.597 bits per heavy atom. The Kier molecular flexibility index (Phi) is 48.4. The van der Waals surface area contributed by atoms with E-state index in [-0.39, 0.29) is 31.1 Å². The fourth-order valence-corrected chi connectivity index (χ4v) is 7.19. The van der Waals surface area contributed by atoms with Crippen LogP contribution < -0.4 is 0 Å². The summed E-state index contributed by atoms with van der Waals surface area (Å²) < 4.78 is 16.8. The van der Waals surface area contributed by atoms with Gasteiger partial charge in [-0.3, -0.25) is 14.4 Å². The van der Waals surface area contributed by atoms with Gasteiger partial charge in [0.2, 0.25) is 0 Å². The van der Waals surface area contributed by atoms with Crippen molar-refractivity contribution in [3.05, 3.63) is 60.8 Å². The molecule has 0 aliphatic carbocycles. The number of carbonyl (C=O) groups is 3. The molecule has 0 unspecified atom stereocenters. The molecule has 0 aromatic rings. The van der Waals surface area contributed by atoms with Crippen molar-refractivity contribution in [2.75, 3.05) is 13.2 Å². The summed E-state index contributed by atoms with van der Waals surface area (Å²) in [6.07, 6.45) is 62.0. The van der Waals surface area contributed by atoms with E-state index in [0.717, 1.165) is 96.3 Å². The summed E-state index contributed by atoms with van der Waals surface area (Å²) in [6, 6.07) is 0. The van der Waals surface area contributed by atoms with Gasteiger partial charge in [-0.2, -0.15) is 0 Å². The average molecular weight is 867 g/mol. The normalized spacial score (nSPS) is 12.5. The molecule has 0 bridgehead atoms. The maximum atomic E-state index is 12.8. The number of hydrogen-bond acceptors (Lipinski definition) is 6. The Labute approximate surface area is 383 Å². The summed E-state index contributed by atoms with van der Waals surface area (Å²) >= 11 is 0. The average Bonchev–Trinajstić information content (AvgIpc) is 3.27. The molecule has 1 atom stereocenters. The number of carbonyl (C=O) groups excluding carboxylic acids is 3. The second-order valence-electron chi connectivity index (χ2n) is 17.4. The zero-order valence-electron chi connectivity index (χ0n) is 40.9. The highest BCUT2D eigenvalue weighted by Crippen LogP contribution is 2.14. The first-order valence-corrected chi connectivity index (χ1v) is 26.3.